The average Bonchev–Trinajstić information content (AvgIpc) is 1.76. The first kappa shape index (κ1) is 6.21. The number of aromatic nitrogens is 2. The summed E-state index contributed by atoms with van der Waals surface area (Å²) >= 11 is 0. The van der Waals surface area contributed by atoms with Crippen LogP contribution in [0.3, 0.4) is 0 Å². The number of imidazole rings is 1. The van der Waals surface area contributed by atoms with E-state index in [0.29, 0.717) is 0 Å². The number of rotatable bonds is 0. The molecule has 0 saturated heterocycles. The normalized spacial score (nSPS) is 6.67. The zero-order valence-electron chi connectivity index (χ0n) is 3.60. The third-order valence-electron chi connectivity index (χ3n) is 0.362. The fourth-order valence-corrected chi connectivity index (χ4v) is 0.186. The summed E-state index contributed by atoms with van der Waals surface area (Å²) in [7, 11) is 0. The number of H-pyrrole nitrogens is 1. The maximum Gasteiger partial charge on any atom is 1.00 e. The summed E-state index contributed by atoms with van der Waals surface area (Å²) < 4.78 is 0. The van der Waals surface area contributed by atoms with Gasteiger partial charge in [0, 0.05) is 0 Å². The van der Waals surface area contributed by atoms with E-state index in [1.807, 2.05) is 0 Å². The molecular formula is C3H3N2Na. The van der Waals surface area contributed by atoms with E-state index in [-0.39, 0.29) is 29.6 Å². The number of hydrogen-bond acceptors (Lipinski definition) is 1. The quantitative estimate of drug-likeness (QED) is 0.271. The minimum absolute atomic E-state index is 0. The van der Waals surface area contributed by atoms with Gasteiger partial charge in [-0.05, 0) is 6.33 Å². The molecule has 0 radical (unpaired) electrons. The van der Waals surface area contributed by atoms with Crippen LogP contribution in [0.5, 0.6) is 0 Å². The van der Waals surface area contributed by atoms with E-state index in [1.165, 1.54) is 0 Å². The van der Waals surface area contributed by atoms with Crippen molar-refractivity contribution in [3.8, 4) is 0 Å². The predicted octanol–water partition coefficient (Wildman–Crippen LogP) is -2.79. The van der Waals surface area contributed by atoms with Crippen LogP contribution in [0.2, 0.25) is 0 Å². The molecule has 1 rings (SSSR count). The van der Waals surface area contributed by atoms with Gasteiger partial charge < -0.3 is 9.97 Å². The van der Waals surface area contributed by atoms with Crippen molar-refractivity contribution in [3.63, 3.8) is 0 Å². The van der Waals surface area contributed by atoms with Crippen molar-refractivity contribution in [2.24, 2.45) is 0 Å². The minimum Gasteiger partial charge on any atom is -0.467 e. The van der Waals surface area contributed by atoms with E-state index in [1.54, 1.807) is 12.4 Å². The monoisotopic (exact) mass is 90.0 g/mol. The third kappa shape index (κ3) is 1.60. The van der Waals surface area contributed by atoms with Gasteiger partial charge in [0.2, 0.25) is 0 Å². The van der Waals surface area contributed by atoms with Crippen molar-refractivity contribution < 1.29 is 29.6 Å². The van der Waals surface area contributed by atoms with Crippen LogP contribution in [0.1, 0.15) is 0 Å². The molecule has 0 spiro atoms. The molecule has 0 aliphatic rings. The molecule has 0 fully saturated rings. The molecule has 2 nitrogen and oxygen atoms in total. The Kier molecular flexibility index (Phi) is 3.52. The van der Waals surface area contributed by atoms with Gasteiger partial charge in [0.15, 0.2) is 0 Å². The van der Waals surface area contributed by atoms with Crippen LogP contribution in [0.15, 0.2) is 12.4 Å². The van der Waals surface area contributed by atoms with Crippen LogP contribution in [0.4, 0.5) is 0 Å². The van der Waals surface area contributed by atoms with Crippen molar-refractivity contribution in [1.82, 2.24) is 9.97 Å². The number of hydrogen-bond donors (Lipinski definition) is 1. The van der Waals surface area contributed by atoms with Crippen molar-refractivity contribution in [2.75, 3.05) is 0 Å². The molecule has 0 aromatic carbocycles. The second kappa shape index (κ2) is 3.40. The first-order valence-electron chi connectivity index (χ1n) is 1.35. The van der Waals surface area contributed by atoms with Gasteiger partial charge in [-0.3, -0.25) is 0 Å². The Morgan fingerprint density at radius 3 is 2.67 bits per heavy atom. The van der Waals surface area contributed by atoms with Crippen LogP contribution in [0.25, 0.3) is 0 Å². The van der Waals surface area contributed by atoms with Crippen LogP contribution < -0.4 is 29.6 Å². The molecule has 0 saturated carbocycles. The average molecular weight is 90.1 g/mol. The van der Waals surface area contributed by atoms with E-state index < -0.39 is 0 Å². The molecule has 1 aromatic rings. The molecule has 6 heavy (non-hydrogen) atoms. The van der Waals surface area contributed by atoms with Gasteiger partial charge in [-0.1, -0.05) is 0 Å². The molecule has 0 aliphatic carbocycles. The topological polar surface area (TPSA) is 28.7 Å². The van der Waals surface area contributed by atoms with Crippen LogP contribution in [-0.2, 0) is 0 Å². The Morgan fingerprint density at radius 1 is 1.67 bits per heavy atom. The van der Waals surface area contributed by atoms with E-state index in [0.717, 1.165) is 0 Å². The second-order valence-electron chi connectivity index (χ2n) is 0.701. The summed E-state index contributed by atoms with van der Waals surface area (Å²) in [5.41, 5.74) is 0. The zero-order chi connectivity index (χ0) is 3.54. The summed E-state index contributed by atoms with van der Waals surface area (Å²) in [5.74, 6) is 0. The smallest absolute Gasteiger partial charge is 0.467 e. The van der Waals surface area contributed by atoms with E-state index >= 15 is 0 Å². The Balaban J connectivity index is 0.000000250. The Bertz CT molecular complexity index is 65.3. The summed E-state index contributed by atoms with van der Waals surface area (Å²) in [6.45, 7) is 0. The third-order valence-corrected chi connectivity index (χ3v) is 0.362. The van der Waals surface area contributed by atoms with E-state index in [2.05, 4.69) is 16.3 Å². The van der Waals surface area contributed by atoms with Crippen LogP contribution in [-0.4, -0.2) is 9.97 Å². The number of nitrogens with one attached hydrogen (secondary N) is 1. The molecule has 1 heterocycles. The maximum absolute atomic E-state index is 3.54. The zero-order valence-corrected chi connectivity index (χ0v) is 5.60. The van der Waals surface area contributed by atoms with Crippen molar-refractivity contribution in [2.45, 2.75) is 0 Å². The van der Waals surface area contributed by atoms with Gasteiger partial charge >= 0.3 is 29.6 Å². The van der Waals surface area contributed by atoms with Crippen molar-refractivity contribution in [3.05, 3.63) is 18.7 Å². The fraction of sp³-hybridized carbons (Fsp3) is 0. The Labute approximate surface area is 58.3 Å². The maximum atomic E-state index is 3.54. The SMILES string of the molecule is [Na+].[c-]1ncc[nH]1. The van der Waals surface area contributed by atoms with Gasteiger partial charge in [-0.2, -0.15) is 0 Å². The Hall–Kier alpha value is 0.210. The minimum atomic E-state index is 0. The molecule has 0 unspecified atom stereocenters. The van der Waals surface area contributed by atoms with Crippen molar-refractivity contribution in [1.29, 1.82) is 0 Å². The molecule has 26 valence electrons. The molecule has 0 atom stereocenters. The van der Waals surface area contributed by atoms with Gasteiger partial charge in [0.25, 0.3) is 0 Å². The molecule has 0 amide bonds. The number of aromatic amines is 1. The summed E-state index contributed by atoms with van der Waals surface area (Å²) in [5, 5.41) is 0. The molecule has 0 bridgehead atoms. The first-order valence-corrected chi connectivity index (χ1v) is 1.35. The molecule has 0 aliphatic heterocycles. The second-order valence-corrected chi connectivity index (χ2v) is 0.701. The number of nitrogens with zero attached hydrogens (tertiary/aromatic N) is 1. The molecular weight excluding hydrogens is 87.0 g/mol. The predicted molar refractivity (Wildman–Crippen MR) is 17.4 cm³/mol. The fourth-order valence-electron chi connectivity index (χ4n) is 0.186. The van der Waals surface area contributed by atoms with Crippen LogP contribution in [0, 0.1) is 6.33 Å². The summed E-state index contributed by atoms with van der Waals surface area (Å²) in [4.78, 5) is 6.17. The van der Waals surface area contributed by atoms with Crippen molar-refractivity contribution >= 4 is 0 Å². The summed E-state index contributed by atoms with van der Waals surface area (Å²) in [6.07, 6.45) is 5.83. The van der Waals surface area contributed by atoms with Gasteiger partial charge in [0.05, 0.1) is 0 Å². The molecule has 1 N–H and O–H groups in total. The molecule has 1 aromatic heterocycles. The molecule has 3 heteroatoms. The van der Waals surface area contributed by atoms with Gasteiger partial charge in [-0.15, -0.1) is 12.4 Å². The summed E-state index contributed by atoms with van der Waals surface area (Å²) in [6, 6.07) is 0. The van der Waals surface area contributed by atoms with E-state index in [9.17, 15) is 0 Å². The Morgan fingerprint density at radius 2 is 2.50 bits per heavy atom. The van der Waals surface area contributed by atoms with E-state index in [4.69, 9.17) is 0 Å². The van der Waals surface area contributed by atoms with Gasteiger partial charge in [0.1, 0.15) is 0 Å². The van der Waals surface area contributed by atoms with Crippen LogP contribution >= 0.6 is 0 Å². The van der Waals surface area contributed by atoms with Gasteiger partial charge in [-0.25, -0.2) is 0 Å². The first-order chi connectivity index (χ1) is 2.50. The standard InChI is InChI=1S/C3H3N2.Na/c1-2-5-3-4-1;/h1-2H,(H,4,5);/q-1;+1. The largest absolute Gasteiger partial charge is 1.00 e.